The first-order chi connectivity index (χ1) is 9.74. The summed E-state index contributed by atoms with van der Waals surface area (Å²) in [6.45, 7) is 9.69. The van der Waals surface area contributed by atoms with Crippen molar-refractivity contribution in [3.63, 3.8) is 0 Å². The molecule has 0 amide bonds. The summed E-state index contributed by atoms with van der Waals surface area (Å²) in [5.74, 6) is 0. The van der Waals surface area contributed by atoms with Crippen molar-refractivity contribution in [1.82, 2.24) is 9.88 Å². The van der Waals surface area contributed by atoms with Crippen LogP contribution in [0.15, 0.2) is 36.4 Å². The van der Waals surface area contributed by atoms with Gasteiger partial charge in [-0.2, -0.15) is 0 Å². The lowest BCUT2D eigenvalue weighted by molar-refractivity contribution is 0.149. The molecule has 2 rings (SSSR count). The van der Waals surface area contributed by atoms with Gasteiger partial charge in [-0.1, -0.05) is 18.2 Å². The van der Waals surface area contributed by atoms with Gasteiger partial charge in [0.05, 0.1) is 6.61 Å². The second-order valence-electron chi connectivity index (χ2n) is 4.94. The highest BCUT2D eigenvalue weighted by molar-refractivity contribution is 5.40. The zero-order valence-electron chi connectivity index (χ0n) is 12.6. The molecule has 0 saturated carbocycles. The van der Waals surface area contributed by atoms with Crippen LogP contribution in [0, 0.1) is 13.8 Å². The lowest BCUT2D eigenvalue weighted by Gasteiger charge is -2.10. The van der Waals surface area contributed by atoms with E-state index in [0.717, 1.165) is 26.3 Å². The Morgan fingerprint density at radius 2 is 1.90 bits per heavy atom. The second kappa shape index (κ2) is 7.27. The lowest BCUT2D eigenvalue weighted by atomic mass is 10.2. The Labute approximate surface area is 121 Å². The first-order valence-electron chi connectivity index (χ1n) is 7.25. The number of aryl methyl sites for hydroxylation is 1. The summed E-state index contributed by atoms with van der Waals surface area (Å²) >= 11 is 0. The first-order valence-corrected chi connectivity index (χ1v) is 7.25. The highest BCUT2D eigenvalue weighted by atomic mass is 16.5. The average Bonchev–Trinajstić information content (AvgIpc) is 2.74. The summed E-state index contributed by atoms with van der Waals surface area (Å²) in [6, 6.07) is 12.8. The third-order valence-corrected chi connectivity index (χ3v) is 3.49. The van der Waals surface area contributed by atoms with E-state index in [-0.39, 0.29) is 0 Å². The molecule has 1 aromatic carbocycles. The number of ether oxygens (including phenoxy) is 1. The van der Waals surface area contributed by atoms with E-state index in [1.54, 1.807) is 0 Å². The van der Waals surface area contributed by atoms with Crippen LogP contribution in [-0.2, 0) is 11.3 Å². The summed E-state index contributed by atoms with van der Waals surface area (Å²) in [6.07, 6.45) is 0. The predicted octanol–water partition coefficient (Wildman–Crippen LogP) is 3.22. The van der Waals surface area contributed by atoms with Crippen molar-refractivity contribution in [2.24, 2.45) is 0 Å². The fraction of sp³-hybridized carbons (Fsp3) is 0.412. The average molecular weight is 272 g/mol. The van der Waals surface area contributed by atoms with E-state index >= 15 is 0 Å². The summed E-state index contributed by atoms with van der Waals surface area (Å²) in [5, 5.41) is 3.43. The molecule has 20 heavy (non-hydrogen) atoms. The van der Waals surface area contributed by atoms with E-state index in [1.807, 2.05) is 13.0 Å². The van der Waals surface area contributed by atoms with Gasteiger partial charge in [-0.3, -0.25) is 0 Å². The Bertz CT molecular complexity index is 531. The molecule has 0 aliphatic heterocycles. The van der Waals surface area contributed by atoms with Crippen LogP contribution in [0.4, 0.5) is 0 Å². The van der Waals surface area contributed by atoms with Crippen LogP contribution in [0.1, 0.15) is 23.9 Å². The molecule has 0 aliphatic rings. The monoisotopic (exact) mass is 272 g/mol. The maximum atomic E-state index is 5.33. The minimum absolute atomic E-state index is 0.772. The van der Waals surface area contributed by atoms with Crippen molar-refractivity contribution in [2.45, 2.75) is 27.3 Å². The normalized spacial score (nSPS) is 10.9. The standard InChI is InChI=1S/C17H24N2O/c1-4-20-11-10-18-13-16-12-14(2)19(15(16)3)17-8-6-5-7-9-17/h5-9,12,18H,4,10-11,13H2,1-3H3. The molecule has 0 unspecified atom stereocenters. The van der Waals surface area contributed by atoms with Crippen LogP contribution in [0.25, 0.3) is 5.69 Å². The smallest absolute Gasteiger partial charge is 0.0590 e. The second-order valence-corrected chi connectivity index (χ2v) is 4.94. The molecule has 0 atom stereocenters. The third kappa shape index (κ3) is 3.50. The quantitative estimate of drug-likeness (QED) is 0.783. The maximum Gasteiger partial charge on any atom is 0.0590 e. The van der Waals surface area contributed by atoms with Crippen LogP contribution < -0.4 is 5.32 Å². The molecule has 3 heteroatoms. The zero-order chi connectivity index (χ0) is 14.4. The summed E-state index contributed by atoms with van der Waals surface area (Å²) in [7, 11) is 0. The van der Waals surface area contributed by atoms with E-state index in [9.17, 15) is 0 Å². The number of benzene rings is 1. The zero-order valence-corrected chi connectivity index (χ0v) is 12.6. The van der Waals surface area contributed by atoms with Crippen molar-refractivity contribution >= 4 is 0 Å². The van der Waals surface area contributed by atoms with Gasteiger partial charge in [0, 0.05) is 36.8 Å². The van der Waals surface area contributed by atoms with Gasteiger partial charge in [0.1, 0.15) is 0 Å². The van der Waals surface area contributed by atoms with Crippen LogP contribution in [0.2, 0.25) is 0 Å². The molecular weight excluding hydrogens is 248 g/mol. The molecule has 0 spiro atoms. The number of nitrogens with one attached hydrogen (secondary N) is 1. The third-order valence-electron chi connectivity index (χ3n) is 3.49. The Balaban J connectivity index is 2.06. The molecule has 0 saturated heterocycles. The number of nitrogens with zero attached hydrogens (tertiary/aromatic N) is 1. The molecule has 0 radical (unpaired) electrons. The number of hydrogen-bond donors (Lipinski definition) is 1. The summed E-state index contributed by atoms with van der Waals surface area (Å²) in [5.41, 5.74) is 5.15. The van der Waals surface area contributed by atoms with E-state index < -0.39 is 0 Å². The molecular formula is C17H24N2O. The van der Waals surface area contributed by atoms with Crippen molar-refractivity contribution in [1.29, 1.82) is 0 Å². The predicted molar refractivity (Wildman–Crippen MR) is 83.4 cm³/mol. The molecule has 108 valence electrons. The maximum absolute atomic E-state index is 5.33. The Morgan fingerprint density at radius 1 is 1.15 bits per heavy atom. The SMILES string of the molecule is CCOCCNCc1cc(C)n(-c2ccccc2)c1C. The fourth-order valence-corrected chi connectivity index (χ4v) is 2.49. The van der Waals surface area contributed by atoms with Crippen LogP contribution >= 0.6 is 0 Å². The molecule has 1 aromatic heterocycles. The summed E-state index contributed by atoms with van der Waals surface area (Å²) in [4.78, 5) is 0. The molecule has 1 N–H and O–H groups in total. The molecule has 2 aromatic rings. The van der Waals surface area contributed by atoms with Gasteiger partial charge in [-0.15, -0.1) is 0 Å². The van der Waals surface area contributed by atoms with Gasteiger partial charge >= 0.3 is 0 Å². The van der Waals surface area contributed by atoms with E-state index in [1.165, 1.54) is 22.6 Å². The molecule has 0 fully saturated rings. The van der Waals surface area contributed by atoms with Gasteiger partial charge in [-0.05, 0) is 44.5 Å². The van der Waals surface area contributed by atoms with Crippen LogP contribution in [0.5, 0.6) is 0 Å². The van der Waals surface area contributed by atoms with E-state index in [2.05, 4.69) is 54.1 Å². The van der Waals surface area contributed by atoms with Gasteiger partial charge in [0.2, 0.25) is 0 Å². The van der Waals surface area contributed by atoms with Crippen molar-refractivity contribution < 1.29 is 4.74 Å². The van der Waals surface area contributed by atoms with Crippen LogP contribution in [-0.4, -0.2) is 24.3 Å². The number of rotatable bonds is 7. The van der Waals surface area contributed by atoms with Crippen molar-refractivity contribution in [2.75, 3.05) is 19.8 Å². The van der Waals surface area contributed by atoms with Crippen molar-refractivity contribution in [3.05, 3.63) is 53.3 Å². The highest BCUT2D eigenvalue weighted by Crippen LogP contribution is 2.20. The van der Waals surface area contributed by atoms with E-state index in [4.69, 9.17) is 4.74 Å². The van der Waals surface area contributed by atoms with E-state index in [0.29, 0.717) is 0 Å². The molecule has 1 heterocycles. The summed E-state index contributed by atoms with van der Waals surface area (Å²) < 4.78 is 7.64. The Morgan fingerprint density at radius 3 is 2.60 bits per heavy atom. The Hall–Kier alpha value is -1.58. The van der Waals surface area contributed by atoms with Crippen molar-refractivity contribution in [3.8, 4) is 5.69 Å². The molecule has 0 aliphatic carbocycles. The molecule has 3 nitrogen and oxygen atoms in total. The molecule has 0 bridgehead atoms. The number of hydrogen-bond acceptors (Lipinski definition) is 2. The van der Waals surface area contributed by atoms with Gasteiger partial charge in [-0.25, -0.2) is 0 Å². The van der Waals surface area contributed by atoms with Gasteiger partial charge < -0.3 is 14.6 Å². The minimum atomic E-state index is 0.772. The van der Waals surface area contributed by atoms with Crippen LogP contribution in [0.3, 0.4) is 0 Å². The topological polar surface area (TPSA) is 26.2 Å². The van der Waals surface area contributed by atoms with Gasteiger partial charge in [0.25, 0.3) is 0 Å². The Kier molecular flexibility index (Phi) is 5.39. The largest absolute Gasteiger partial charge is 0.380 e. The minimum Gasteiger partial charge on any atom is -0.380 e. The fourth-order valence-electron chi connectivity index (χ4n) is 2.49. The highest BCUT2D eigenvalue weighted by Gasteiger charge is 2.09. The van der Waals surface area contributed by atoms with Gasteiger partial charge in [0.15, 0.2) is 0 Å². The lowest BCUT2D eigenvalue weighted by Crippen LogP contribution is -2.19. The number of aromatic nitrogens is 1. The number of para-hydroxylation sites is 1. The first kappa shape index (κ1) is 14.8.